The van der Waals surface area contributed by atoms with Crippen molar-refractivity contribution in [3.05, 3.63) is 94.8 Å². The van der Waals surface area contributed by atoms with E-state index < -0.39 is 24.1 Å². The van der Waals surface area contributed by atoms with Gasteiger partial charge in [0.05, 0.1) is 6.10 Å². The minimum absolute atomic E-state index is 0.00126. The second-order valence-electron chi connectivity index (χ2n) is 7.94. The molecule has 1 amide bonds. The third-order valence-electron chi connectivity index (χ3n) is 5.91. The number of nitrogens with one attached hydrogen (secondary N) is 1. The Labute approximate surface area is 190 Å². The van der Waals surface area contributed by atoms with Crippen LogP contribution in [0.3, 0.4) is 0 Å². The van der Waals surface area contributed by atoms with Crippen molar-refractivity contribution in [3.8, 4) is 11.1 Å². The molecular weight excluding hydrogens is 425 g/mol. The molecule has 0 fully saturated rings. The maximum Gasteiger partial charge on any atom is 0.407 e. The number of hydrogen-bond acceptors (Lipinski definition) is 5. The van der Waals surface area contributed by atoms with E-state index in [1.54, 1.807) is 0 Å². The molecule has 1 aliphatic rings. The molecule has 0 bridgehead atoms. The molecule has 3 aromatic rings. The van der Waals surface area contributed by atoms with Gasteiger partial charge < -0.3 is 20.3 Å². The number of rotatable bonds is 8. The number of aliphatic hydroxyl groups is 2. The Morgan fingerprint density at radius 3 is 2.30 bits per heavy atom. The molecule has 4 rings (SSSR count). The number of halogens is 1. The van der Waals surface area contributed by atoms with Gasteiger partial charge >= 0.3 is 6.09 Å². The van der Waals surface area contributed by atoms with Crippen molar-refractivity contribution in [2.24, 2.45) is 0 Å². The fourth-order valence-corrected chi connectivity index (χ4v) is 4.25. The van der Waals surface area contributed by atoms with Gasteiger partial charge in [0, 0.05) is 18.0 Å². The lowest BCUT2D eigenvalue weighted by Gasteiger charge is -2.20. The second-order valence-corrected chi connectivity index (χ2v) is 7.94. The maximum atomic E-state index is 13.5. The fourth-order valence-electron chi connectivity index (χ4n) is 4.25. The standard InChI is InChI=1S/C26H24FNO5/c27-17-10-9-16(14-29)22(13-17)25(31)24(30)11-12-28-26(32)33-15-23-20-7-3-1-5-18(20)19-6-2-4-8-21(19)23/h1-10,13-14,23-25,30-31H,11-12,15H2,(H,28,32). The van der Waals surface area contributed by atoms with Crippen LogP contribution in [0.15, 0.2) is 66.7 Å². The van der Waals surface area contributed by atoms with E-state index >= 15 is 0 Å². The predicted molar refractivity (Wildman–Crippen MR) is 120 cm³/mol. The van der Waals surface area contributed by atoms with Crippen LogP contribution in [0.4, 0.5) is 9.18 Å². The van der Waals surface area contributed by atoms with Crippen molar-refractivity contribution < 1.29 is 28.9 Å². The van der Waals surface area contributed by atoms with Crippen LogP contribution in [-0.2, 0) is 4.74 Å². The highest BCUT2D eigenvalue weighted by Gasteiger charge is 2.29. The molecule has 2 atom stereocenters. The molecule has 33 heavy (non-hydrogen) atoms. The van der Waals surface area contributed by atoms with Gasteiger partial charge in [0.15, 0.2) is 0 Å². The van der Waals surface area contributed by atoms with Crippen LogP contribution in [0.5, 0.6) is 0 Å². The van der Waals surface area contributed by atoms with E-state index in [1.165, 1.54) is 6.07 Å². The highest BCUT2D eigenvalue weighted by molar-refractivity contribution is 5.79. The van der Waals surface area contributed by atoms with Gasteiger partial charge in [0.2, 0.25) is 0 Å². The number of amides is 1. The zero-order valence-corrected chi connectivity index (χ0v) is 17.8. The number of carbonyl (C=O) groups is 2. The number of aliphatic hydroxyl groups excluding tert-OH is 2. The Balaban J connectivity index is 1.30. The molecule has 1 aliphatic carbocycles. The Morgan fingerprint density at radius 2 is 1.67 bits per heavy atom. The minimum atomic E-state index is -1.47. The van der Waals surface area contributed by atoms with E-state index in [-0.39, 0.29) is 36.6 Å². The van der Waals surface area contributed by atoms with Crippen LogP contribution in [0.25, 0.3) is 11.1 Å². The summed E-state index contributed by atoms with van der Waals surface area (Å²) in [6.45, 7) is 0.192. The first-order valence-electron chi connectivity index (χ1n) is 10.7. The van der Waals surface area contributed by atoms with Gasteiger partial charge in [-0.25, -0.2) is 9.18 Å². The largest absolute Gasteiger partial charge is 0.449 e. The van der Waals surface area contributed by atoms with Crippen molar-refractivity contribution in [1.29, 1.82) is 0 Å². The molecule has 6 nitrogen and oxygen atoms in total. The lowest BCUT2D eigenvalue weighted by Crippen LogP contribution is -2.31. The molecule has 7 heteroatoms. The highest BCUT2D eigenvalue weighted by Crippen LogP contribution is 2.44. The molecule has 0 saturated heterocycles. The maximum absolute atomic E-state index is 13.5. The SMILES string of the molecule is O=Cc1ccc(F)cc1C(O)C(O)CCNC(=O)OCC1c2ccccc2-c2ccccc21. The molecule has 0 spiro atoms. The molecule has 3 N–H and O–H groups in total. The lowest BCUT2D eigenvalue weighted by atomic mass is 9.97. The zero-order chi connectivity index (χ0) is 23.4. The summed E-state index contributed by atoms with van der Waals surface area (Å²) < 4.78 is 18.9. The molecule has 0 aromatic heterocycles. The number of fused-ring (bicyclic) bond motifs is 3. The summed E-state index contributed by atoms with van der Waals surface area (Å²) in [5, 5.41) is 23.1. The summed E-state index contributed by atoms with van der Waals surface area (Å²) in [5.41, 5.74) is 4.56. The van der Waals surface area contributed by atoms with Crippen molar-refractivity contribution in [2.75, 3.05) is 13.2 Å². The van der Waals surface area contributed by atoms with Gasteiger partial charge in [0.25, 0.3) is 0 Å². The summed E-state index contributed by atoms with van der Waals surface area (Å²) in [5.74, 6) is -0.691. The van der Waals surface area contributed by atoms with Gasteiger partial charge in [-0.3, -0.25) is 4.79 Å². The molecule has 2 unspecified atom stereocenters. The number of aldehydes is 1. The third kappa shape index (κ3) is 4.79. The summed E-state index contributed by atoms with van der Waals surface area (Å²) in [7, 11) is 0. The Kier molecular flexibility index (Phi) is 6.82. The van der Waals surface area contributed by atoms with Gasteiger partial charge in [-0.1, -0.05) is 48.5 Å². The molecule has 0 heterocycles. The average Bonchev–Trinajstić information content (AvgIpc) is 3.16. The van der Waals surface area contributed by atoms with Gasteiger partial charge in [0.1, 0.15) is 24.8 Å². The van der Waals surface area contributed by atoms with Crippen molar-refractivity contribution in [1.82, 2.24) is 5.32 Å². The van der Waals surface area contributed by atoms with E-state index in [0.717, 1.165) is 34.4 Å². The minimum Gasteiger partial charge on any atom is -0.449 e. The quantitative estimate of drug-likeness (QED) is 0.453. The molecule has 3 aromatic carbocycles. The first-order valence-corrected chi connectivity index (χ1v) is 10.7. The first-order chi connectivity index (χ1) is 16.0. The Morgan fingerprint density at radius 1 is 1.03 bits per heavy atom. The summed E-state index contributed by atoms with van der Waals surface area (Å²) in [6, 6.07) is 19.4. The number of benzene rings is 3. The van der Waals surface area contributed by atoms with Crippen LogP contribution in [0, 0.1) is 5.82 Å². The number of carbonyl (C=O) groups excluding carboxylic acids is 2. The predicted octanol–water partition coefficient (Wildman–Crippen LogP) is 3.96. The van der Waals surface area contributed by atoms with Gasteiger partial charge in [-0.15, -0.1) is 0 Å². The summed E-state index contributed by atoms with van der Waals surface area (Å²) in [6.07, 6.45) is -2.94. The van der Waals surface area contributed by atoms with Crippen LogP contribution in [-0.4, -0.2) is 41.8 Å². The number of ether oxygens (including phenoxy) is 1. The van der Waals surface area contributed by atoms with Crippen LogP contribution in [0.2, 0.25) is 0 Å². The van der Waals surface area contributed by atoms with E-state index in [1.807, 2.05) is 36.4 Å². The number of hydrogen-bond donors (Lipinski definition) is 3. The number of alkyl carbamates (subject to hydrolysis) is 1. The summed E-state index contributed by atoms with van der Waals surface area (Å²) >= 11 is 0. The molecule has 0 saturated carbocycles. The van der Waals surface area contributed by atoms with Crippen LogP contribution >= 0.6 is 0 Å². The highest BCUT2D eigenvalue weighted by atomic mass is 19.1. The average molecular weight is 449 g/mol. The smallest absolute Gasteiger partial charge is 0.407 e. The topological polar surface area (TPSA) is 95.9 Å². The van der Waals surface area contributed by atoms with Gasteiger partial charge in [-0.2, -0.15) is 0 Å². The third-order valence-corrected chi connectivity index (χ3v) is 5.91. The van der Waals surface area contributed by atoms with Crippen LogP contribution < -0.4 is 5.32 Å². The van der Waals surface area contributed by atoms with Gasteiger partial charge in [-0.05, 0) is 52.4 Å². The molecule has 170 valence electrons. The van der Waals surface area contributed by atoms with Crippen molar-refractivity contribution in [3.63, 3.8) is 0 Å². The lowest BCUT2D eigenvalue weighted by molar-refractivity contribution is 0.0132. The van der Waals surface area contributed by atoms with E-state index in [4.69, 9.17) is 4.74 Å². The first kappa shape index (κ1) is 22.6. The van der Waals surface area contributed by atoms with E-state index in [9.17, 15) is 24.2 Å². The molecular formula is C26H24FNO5. The molecule has 0 aliphatic heterocycles. The van der Waals surface area contributed by atoms with Crippen molar-refractivity contribution in [2.45, 2.75) is 24.5 Å². The summed E-state index contributed by atoms with van der Waals surface area (Å²) in [4.78, 5) is 23.3. The Bertz CT molecular complexity index is 1120. The van der Waals surface area contributed by atoms with E-state index in [2.05, 4.69) is 17.4 Å². The zero-order valence-electron chi connectivity index (χ0n) is 17.8. The normalized spacial score (nSPS) is 14.2. The van der Waals surface area contributed by atoms with Crippen molar-refractivity contribution >= 4 is 12.4 Å². The fraction of sp³-hybridized carbons (Fsp3) is 0.231. The molecule has 0 radical (unpaired) electrons. The van der Waals surface area contributed by atoms with Crippen LogP contribution in [0.1, 0.15) is 45.5 Å². The second kappa shape index (κ2) is 9.94. The monoisotopic (exact) mass is 449 g/mol. The van der Waals surface area contributed by atoms with E-state index in [0.29, 0.717) is 6.29 Å². The Hall–Kier alpha value is -3.55.